The van der Waals surface area contributed by atoms with Gasteiger partial charge >= 0.3 is 6.01 Å². The predicted molar refractivity (Wildman–Crippen MR) is 71.9 cm³/mol. The van der Waals surface area contributed by atoms with E-state index in [1.54, 1.807) is 7.11 Å². The van der Waals surface area contributed by atoms with E-state index in [1.165, 1.54) is 25.7 Å². The predicted octanol–water partition coefficient (Wildman–Crippen LogP) is 0.792. The molecule has 2 aliphatic rings. The molecule has 1 heterocycles. The standard InChI is InChI=1S/C12H20N6O/c1-19-12-15-10(17-13)14-11(16-12)18(6-8-2-3-8)7-9-4-5-9/h8-9H,2-7,13H2,1H3,(H,14,15,16,17). The topological polar surface area (TPSA) is 89.2 Å². The lowest BCUT2D eigenvalue weighted by Gasteiger charge is -2.22. The van der Waals surface area contributed by atoms with Crippen LogP contribution in [0.5, 0.6) is 6.01 Å². The fourth-order valence-electron chi connectivity index (χ4n) is 2.11. The van der Waals surface area contributed by atoms with E-state index in [0.29, 0.717) is 17.9 Å². The molecular formula is C12H20N6O. The molecule has 2 aliphatic carbocycles. The molecule has 0 aromatic carbocycles. The van der Waals surface area contributed by atoms with Crippen LogP contribution in [0.25, 0.3) is 0 Å². The van der Waals surface area contributed by atoms with Crippen molar-refractivity contribution in [3.05, 3.63) is 0 Å². The van der Waals surface area contributed by atoms with Crippen molar-refractivity contribution >= 4 is 11.9 Å². The van der Waals surface area contributed by atoms with Gasteiger partial charge in [-0.05, 0) is 37.5 Å². The first-order valence-corrected chi connectivity index (χ1v) is 6.80. The summed E-state index contributed by atoms with van der Waals surface area (Å²) < 4.78 is 5.10. The van der Waals surface area contributed by atoms with Gasteiger partial charge < -0.3 is 9.64 Å². The van der Waals surface area contributed by atoms with Gasteiger partial charge in [-0.3, -0.25) is 5.43 Å². The van der Waals surface area contributed by atoms with E-state index >= 15 is 0 Å². The lowest BCUT2D eigenvalue weighted by molar-refractivity contribution is 0.378. The van der Waals surface area contributed by atoms with Crippen LogP contribution in [-0.2, 0) is 0 Å². The molecular weight excluding hydrogens is 244 g/mol. The Morgan fingerprint density at radius 2 is 1.79 bits per heavy atom. The number of hydrogen-bond donors (Lipinski definition) is 2. The van der Waals surface area contributed by atoms with Crippen LogP contribution in [0.3, 0.4) is 0 Å². The third-order valence-corrected chi connectivity index (χ3v) is 3.55. The molecule has 7 nitrogen and oxygen atoms in total. The van der Waals surface area contributed by atoms with Crippen LogP contribution in [0, 0.1) is 11.8 Å². The summed E-state index contributed by atoms with van der Waals surface area (Å²) in [6.07, 6.45) is 5.24. The minimum Gasteiger partial charge on any atom is -0.467 e. The van der Waals surface area contributed by atoms with Crippen molar-refractivity contribution in [1.29, 1.82) is 0 Å². The lowest BCUT2D eigenvalue weighted by atomic mass is 10.3. The summed E-state index contributed by atoms with van der Waals surface area (Å²) in [7, 11) is 1.55. The second kappa shape index (κ2) is 5.16. The molecule has 2 saturated carbocycles. The molecule has 0 unspecified atom stereocenters. The fourth-order valence-corrected chi connectivity index (χ4v) is 2.11. The number of nitrogens with one attached hydrogen (secondary N) is 1. The zero-order chi connectivity index (χ0) is 13.2. The van der Waals surface area contributed by atoms with Gasteiger partial charge in [0.15, 0.2) is 0 Å². The largest absolute Gasteiger partial charge is 0.467 e. The molecule has 0 amide bonds. The number of nitrogen functional groups attached to an aromatic ring is 1. The second-order valence-corrected chi connectivity index (χ2v) is 5.38. The molecule has 0 spiro atoms. The van der Waals surface area contributed by atoms with E-state index < -0.39 is 0 Å². The Kier molecular flexibility index (Phi) is 3.37. The summed E-state index contributed by atoms with van der Waals surface area (Å²) in [5, 5.41) is 0. The van der Waals surface area contributed by atoms with Gasteiger partial charge in [-0.2, -0.15) is 15.0 Å². The van der Waals surface area contributed by atoms with Gasteiger partial charge in [0.05, 0.1) is 7.11 Å². The molecule has 0 radical (unpaired) electrons. The van der Waals surface area contributed by atoms with Crippen molar-refractivity contribution in [3.8, 4) is 6.01 Å². The molecule has 0 bridgehead atoms. The highest BCUT2D eigenvalue weighted by Gasteiger charge is 2.30. The van der Waals surface area contributed by atoms with Crippen LogP contribution in [0.2, 0.25) is 0 Å². The Morgan fingerprint density at radius 1 is 1.16 bits per heavy atom. The van der Waals surface area contributed by atoms with Gasteiger partial charge in [0.2, 0.25) is 11.9 Å². The minimum atomic E-state index is 0.301. The van der Waals surface area contributed by atoms with E-state index in [-0.39, 0.29) is 0 Å². The van der Waals surface area contributed by atoms with Crippen LogP contribution in [0.1, 0.15) is 25.7 Å². The Morgan fingerprint density at radius 3 is 2.26 bits per heavy atom. The first-order valence-electron chi connectivity index (χ1n) is 6.80. The highest BCUT2D eigenvalue weighted by molar-refractivity contribution is 5.38. The van der Waals surface area contributed by atoms with Gasteiger partial charge in [0.25, 0.3) is 0 Å². The number of methoxy groups -OCH3 is 1. The van der Waals surface area contributed by atoms with E-state index in [2.05, 4.69) is 25.3 Å². The van der Waals surface area contributed by atoms with Crippen LogP contribution >= 0.6 is 0 Å². The Hall–Kier alpha value is -1.63. The van der Waals surface area contributed by atoms with Gasteiger partial charge in [0.1, 0.15) is 0 Å². The van der Waals surface area contributed by atoms with Crippen LogP contribution in [0.4, 0.5) is 11.9 Å². The molecule has 1 aromatic rings. The van der Waals surface area contributed by atoms with E-state index in [0.717, 1.165) is 24.9 Å². The number of hydrogen-bond acceptors (Lipinski definition) is 7. The molecule has 3 rings (SSSR count). The summed E-state index contributed by atoms with van der Waals surface area (Å²) in [6, 6.07) is 0.301. The van der Waals surface area contributed by atoms with E-state index in [9.17, 15) is 0 Å². The first kappa shape index (κ1) is 12.4. The maximum atomic E-state index is 5.39. The number of nitrogens with two attached hydrogens (primary N) is 1. The molecule has 0 saturated heterocycles. The molecule has 0 atom stereocenters. The summed E-state index contributed by atoms with van der Waals surface area (Å²) in [4.78, 5) is 15.0. The zero-order valence-electron chi connectivity index (χ0n) is 11.2. The smallest absolute Gasteiger partial charge is 0.322 e. The second-order valence-electron chi connectivity index (χ2n) is 5.38. The van der Waals surface area contributed by atoms with Crippen molar-refractivity contribution < 1.29 is 4.74 Å². The number of anilines is 2. The molecule has 104 valence electrons. The Labute approximate surface area is 112 Å². The molecule has 0 aliphatic heterocycles. The molecule has 7 heteroatoms. The van der Waals surface area contributed by atoms with Crippen LogP contribution in [-0.4, -0.2) is 35.2 Å². The number of hydrazine groups is 1. The maximum absolute atomic E-state index is 5.39. The number of ether oxygens (including phenoxy) is 1. The SMILES string of the molecule is COc1nc(NN)nc(N(CC2CC2)CC2CC2)n1. The third kappa shape index (κ3) is 3.23. The van der Waals surface area contributed by atoms with E-state index in [4.69, 9.17) is 10.6 Å². The minimum absolute atomic E-state index is 0.301. The molecule has 2 fully saturated rings. The lowest BCUT2D eigenvalue weighted by Crippen LogP contribution is -2.30. The molecule has 1 aromatic heterocycles. The van der Waals surface area contributed by atoms with Crippen molar-refractivity contribution in [1.82, 2.24) is 15.0 Å². The van der Waals surface area contributed by atoms with Crippen LogP contribution in [0.15, 0.2) is 0 Å². The normalized spacial score (nSPS) is 18.2. The third-order valence-electron chi connectivity index (χ3n) is 3.55. The maximum Gasteiger partial charge on any atom is 0.322 e. The quantitative estimate of drug-likeness (QED) is 0.556. The zero-order valence-corrected chi connectivity index (χ0v) is 11.2. The summed E-state index contributed by atoms with van der Waals surface area (Å²) in [5.74, 6) is 7.98. The molecule has 19 heavy (non-hydrogen) atoms. The monoisotopic (exact) mass is 264 g/mol. The van der Waals surface area contributed by atoms with Crippen molar-refractivity contribution in [2.75, 3.05) is 30.5 Å². The Bertz CT molecular complexity index is 410. The van der Waals surface area contributed by atoms with E-state index in [1.807, 2.05) is 0 Å². The van der Waals surface area contributed by atoms with Gasteiger partial charge in [-0.25, -0.2) is 5.84 Å². The number of nitrogens with zero attached hydrogens (tertiary/aromatic N) is 4. The number of rotatable bonds is 7. The van der Waals surface area contributed by atoms with Crippen molar-refractivity contribution in [2.45, 2.75) is 25.7 Å². The Balaban J connectivity index is 1.81. The van der Waals surface area contributed by atoms with Crippen molar-refractivity contribution in [3.63, 3.8) is 0 Å². The summed E-state index contributed by atoms with van der Waals surface area (Å²) in [5.41, 5.74) is 2.47. The number of aromatic nitrogens is 3. The van der Waals surface area contributed by atoms with Crippen molar-refractivity contribution in [2.24, 2.45) is 17.7 Å². The molecule has 3 N–H and O–H groups in total. The summed E-state index contributed by atoms with van der Waals surface area (Å²) >= 11 is 0. The van der Waals surface area contributed by atoms with Gasteiger partial charge in [0, 0.05) is 13.1 Å². The van der Waals surface area contributed by atoms with Gasteiger partial charge in [-0.15, -0.1) is 0 Å². The average Bonchev–Trinajstić information content (AvgIpc) is 3.32. The van der Waals surface area contributed by atoms with Crippen LogP contribution < -0.4 is 20.9 Å². The highest BCUT2D eigenvalue weighted by Crippen LogP contribution is 2.35. The highest BCUT2D eigenvalue weighted by atomic mass is 16.5. The fraction of sp³-hybridized carbons (Fsp3) is 0.750. The average molecular weight is 264 g/mol. The van der Waals surface area contributed by atoms with Gasteiger partial charge in [-0.1, -0.05) is 0 Å². The first-order chi connectivity index (χ1) is 9.28. The summed E-state index contributed by atoms with van der Waals surface area (Å²) in [6.45, 7) is 2.04.